The van der Waals surface area contributed by atoms with Crippen molar-refractivity contribution in [3.63, 3.8) is 0 Å². The van der Waals surface area contributed by atoms with Crippen LogP contribution >= 0.6 is 63.1 Å². The Kier molecular flexibility index (Phi) is 7.57. The normalized spacial score (nSPS) is 16.4. The molecular formula is C20H21F3N8OS5. The number of hydrogen-bond acceptors (Lipinski definition) is 12. The maximum atomic E-state index is 12.7. The fourth-order valence-corrected chi connectivity index (χ4v) is 4.83. The van der Waals surface area contributed by atoms with Crippen LogP contribution in [0.3, 0.4) is 0 Å². The highest BCUT2D eigenvalue weighted by molar-refractivity contribution is 8.17. The predicted octanol–water partition coefficient (Wildman–Crippen LogP) is 4.07. The molecule has 0 spiro atoms. The molecule has 17 heteroatoms. The number of fused-ring (bicyclic) bond motifs is 1. The lowest BCUT2D eigenvalue weighted by atomic mass is 10.2. The lowest BCUT2D eigenvalue weighted by Crippen LogP contribution is -2.52. The molecule has 2 N–H and O–H groups in total. The summed E-state index contributed by atoms with van der Waals surface area (Å²) in [6.45, 7) is 3.55. The van der Waals surface area contributed by atoms with Crippen LogP contribution in [0.15, 0.2) is 30.7 Å². The Balaban J connectivity index is 1.57. The highest BCUT2D eigenvalue weighted by atomic mass is 32.2. The number of alkyl halides is 3. The second-order valence-corrected chi connectivity index (χ2v) is 12.9. The average molecular weight is 607 g/mol. The van der Waals surface area contributed by atoms with Crippen molar-refractivity contribution >= 4 is 86.5 Å². The van der Waals surface area contributed by atoms with E-state index in [1.807, 2.05) is 0 Å². The molecule has 0 fully saturated rings. The number of thiol groups is 5. The Morgan fingerprint density at radius 3 is 2.41 bits per heavy atom. The van der Waals surface area contributed by atoms with Crippen LogP contribution in [-0.4, -0.2) is 40.2 Å². The van der Waals surface area contributed by atoms with Gasteiger partial charge in [0.2, 0.25) is 11.9 Å². The Morgan fingerprint density at radius 2 is 1.81 bits per heavy atom. The smallest absolute Gasteiger partial charge is 0.327 e. The second kappa shape index (κ2) is 9.98. The molecule has 0 bridgehead atoms. The third kappa shape index (κ3) is 6.05. The summed E-state index contributed by atoms with van der Waals surface area (Å²) in [7, 11) is 0. The Bertz CT molecular complexity index is 1330. The first-order valence-electron chi connectivity index (χ1n) is 10.5. The summed E-state index contributed by atoms with van der Waals surface area (Å²) < 4.78 is 37.1. The number of aromatic nitrogens is 5. The number of anilines is 3. The number of pyridine rings is 1. The van der Waals surface area contributed by atoms with Crippen molar-refractivity contribution in [1.82, 2.24) is 24.7 Å². The standard InChI is InChI=1S/C20H21F3N8OS5/c1-9-14-15(31(20(35,36)37)10(2)16(32)27-14)28-17(26-9)29-19(33,34)12-6-25-30(8-12)7-11-3-4-13(24-5-11)18(21,22)23/h3-6,8,10,33-37H,7H2,1-2H3,(H,27,32)(H,26,28,29)/t10-/m0/s1. The highest BCUT2D eigenvalue weighted by Gasteiger charge is 2.41. The molecule has 4 rings (SSSR count). The SMILES string of the molecule is Cc1nc(NC(S)(S)c2cnn(Cc3ccc(C(F)(F)F)nc3)c2)nc2c1NC(=O)[C@H](C)N2C(S)(S)S. The summed E-state index contributed by atoms with van der Waals surface area (Å²) in [6, 6.07) is 1.58. The summed E-state index contributed by atoms with van der Waals surface area (Å²) in [5.74, 6) is 0.216. The molecule has 1 aliphatic heterocycles. The van der Waals surface area contributed by atoms with E-state index >= 15 is 0 Å². The van der Waals surface area contributed by atoms with Gasteiger partial charge in [-0.05, 0) is 25.5 Å². The van der Waals surface area contributed by atoms with Crippen molar-refractivity contribution < 1.29 is 18.0 Å². The Morgan fingerprint density at radius 1 is 1.11 bits per heavy atom. The van der Waals surface area contributed by atoms with E-state index in [0.717, 1.165) is 12.3 Å². The van der Waals surface area contributed by atoms with Gasteiger partial charge in [0.25, 0.3) is 0 Å². The largest absolute Gasteiger partial charge is 0.433 e. The molecule has 198 valence electrons. The lowest BCUT2D eigenvalue weighted by Gasteiger charge is -2.42. The molecule has 0 radical (unpaired) electrons. The molecule has 3 aromatic heterocycles. The number of halogens is 3. The number of nitrogens with one attached hydrogen (secondary N) is 2. The van der Waals surface area contributed by atoms with E-state index in [9.17, 15) is 18.0 Å². The maximum absolute atomic E-state index is 12.7. The van der Waals surface area contributed by atoms with Gasteiger partial charge in [-0.15, -0.1) is 63.1 Å². The molecule has 0 aromatic carbocycles. The number of hydrogen-bond donors (Lipinski definition) is 7. The minimum Gasteiger partial charge on any atom is -0.327 e. The molecule has 37 heavy (non-hydrogen) atoms. The van der Waals surface area contributed by atoms with Gasteiger partial charge in [0.1, 0.15) is 17.4 Å². The van der Waals surface area contributed by atoms with E-state index in [1.165, 1.54) is 21.8 Å². The van der Waals surface area contributed by atoms with Crippen molar-refractivity contribution in [2.75, 3.05) is 15.5 Å². The van der Waals surface area contributed by atoms with Crippen LogP contribution in [0, 0.1) is 6.92 Å². The van der Waals surface area contributed by atoms with E-state index < -0.39 is 25.7 Å². The topological polar surface area (TPSA) is 101 Å². The van der Waals surface area contributed by atoms with Crippen LogP contribution in [0.5, 0.6) is 0 Å². The minimum absolute atomic E-state index is 0.147. The summed E-state index contributed by atoms with van der Waals surface area (Å²) >= 11 is 22.4. The van der Waals surface area contributed by atoms with E-state index in [2.05, 4.69) is 93.8 Å². The van der Waals surface area contributed by atoms with Crippen LogP contribution in [0.1, 0.15) is 29.4 Å². The van der Waals surface area contributed by atoms with Crippen LogP contribution < -0.4 is 15.5 Å². The van der Waals surface area contributed by atoms with Gasteiger partial charge in [-0.1, -0.05) is 6.07 Å². The summed E-state index contributed by atoms with van der Waals surface area (Å²) in [4.78, 5) is 26.4. The zero-order valence-electron chi connectivity index (χ0n) is 19.1. The van der Waals surface area contributed by atoms with Crippen molar-refractivity contribution in [1.29, 1.82) is 0 Å². The van der Waals surface area contributed by atoms with Gasteiger partial charge < -0.3 is 15.5 Å². The number of nitrogens with zero attached hydrogens (tertiary/aromatic N) is 6. The number of carbonyl (C=O) groups excluding carboxylic acids is 1. The van der Waals surface area contributed by atoms with Crippen molar-refractivity contribution in [3.8, 4) is 0 Å². The summed E-state index contributed by atoms with van der Waals surface area (Å²) in [5.41, 5.74) is 0.948. The van der Waals surface area contributed by atoms with Crippen LogP contribution in [0.4, 0.5) is 30.6 Å². The third-order valence-corrected chi connectivity index (χ3v) is 6.81. The molecule has 0 unspecified atom stereocenters. The molecular weight excluding hydrogens is 586 g/mol. The lowest BCUT2D eigenvalue weighted by molar-refractivity contribution is -0.141. The van der Waals surface area contributed by atoms with Crippen molar-refractivity contribution in [2.24, 2.45) is 0 Å². The van der Waals surface area contributed by atoms with Gasteiger partial charge in [-0.2, -0.15) is 23.3 Å². The van der Waals surface area contributed by atoms with Crippen molar-refractivity contribution in [2.45, 2.75) is 40.3 Å². The second-order valence-electron chi connectivity index (χ2n) is 8.24. The molecule has 3 aromatic rings. The van der Waals surface area contributed by atoms with E-state index in [-0.39, 0.29) is 18.4 Å². The van der Waals surface area contributed by atoms with Gasteiger partial charge in [-0.3, -0.25) is 14.5 Å². The van der Waals surface area contributed by atoms with Gasteiger partial charge in [0.15, 0.2) is 13.6 Å². The molecule has 9 nitrogen and oxygen atoms in total. The number of carbonyl (C=O) groups is 1. The van der Waals surface area contributed by atoms with Gasteiger partial charge in [0.05, 0.1) is 18.4 Å². The summed E-state index contributed by atoms with van der Waals surface area (Å²) in [5, 5.41) is 10.1. The predicted molar refractivity (Wildman–Crippen MR) is 151 cm³/mol. The third-order valence-electron chi connectivity index (χ3n) is 5.42. The fourth-order valence-electron chi connectivity index (χ4n) is 3.60. The first kappa shape index (κ1) is 28.1. The molecule has 0 aliphatic carbocycles. The number of aryl methyl sites for hydroxylation is 1. The van der Waals surface area contributed by atoms with Gasteiger partial charge >= 0.3 is 6.18 Å². The Labute approximate surface area is 237 Å². The van der Waals surface area contributed by atoms with E-state index in [0.29, 0.717) is 28.3 Å². The molecule has 0 saturated heterocycles. The zero-order chi connectivity index (χ0) is 27.3. The quantitative estimate of drug-likeness (QED) is 0.168. The van der Waals surface area contributed by atoms with Gasteiger partial charge in [-0.25, -0.2) is 4.98 Å². The first-order chi connectivity index (χ1) is 17.1. The summed E-state index contributed by atoms with van der Waals surface area (Å²) in [6.07, 6.45) is -0.224. The van der Waals surface area contributed by atoms with Crippen LogP contribution in [0.25, 0.3) is 0 Å². The monoisotopic (exact) mass is 606 g/mol. The van der Waals surface area contributed by atoms with Crippen LogP contribution in [-0.2, 0) is 21.7 Å². The highest BCUT2D eigenvalue weighted by Crippen LogP contribution is 2.43. The van der Waals surface area contributed by atoms with E-state index in [4.69, 9.17) is 0 Å². The van der Waals surface area contributed by atoms with Gasteiger partial charge in [0, 0.05) is 18.0 Å². The minimum atomic E-state index is -4.51. The number of rotatable bonds is 6. The average Bonchev–Trinajstić information content (AvgIpc) is 3.23. The van der Waals surface area contributed by atoms with E-state index in [1.54, 1.807) is 20.0 Å². The molecule has 1 atom stereocenters. The fraction of sp³-hybridized carbons (Fsp3) is 0.350. The zero-order valence-corrected chi connectivity index (χ0v) is 23.6. The molecule has 0 saturated carbocycles. The van der Waals surface area contributed by atoms with Crippen LogP contribution in [0.2, 0.25) is 0 Å². The number of amides is 1. The maximum Gasteiger partial charge on any atom is 0.433 e. The Hall–Kier alpha value is -1.95. The van der Waals surface area contributed by atoms with Crippen molar-refractivity contribution in [3.05, 3.63) is 53.2 Å². The molecule has 4 heterocycles. The molecule has 1 amide bonds. The first-order valence-corrected chi connectivity index (χ1v) is 12.7. The molecule has 1 aliphatic rings.